The molecule has 2 bridgehead atoms. The predicted octanol–water partition coefficient (Wildman–Crippen LogP) is 4.84. The summed E-state index contributed by atoms with van der Waals surface area (Å²) in [6, 6.07) is 5.79. The summed E-state index contributed by atoms with van der Waals surface area (Å²) in [4.78, 5) is 12.8. The van der Waals surface area contributed by atoms with E-state index in [1.807, 2.05) is 19.1 Å². The van der Waals surface area contributed by atoms with Crippen molar-refractivity contribution in [2.75, 3.05) is 13.2 Å². The molecule has 0 radical (unpaired) electrons. The quantitative estimate of drug-likeness (QED) is 0.698. The maximum absolute atomic E-state index is 12.8. The normalized spacial score (nSPS) is 34.1. The average Bonchev–Trinajstić information content (AvgIpc) is 3.16. The van der Waals surface area contributed by atoms with Crippen LogP contribution in [0.15, 0.2) is 18.2 Å². The first-order chi connectivity index (χ1) is 14.2. The van der Waals surface area contributed by atoms with Crippen LogP contribution < -0.4 is 10.1 Å². The van der Waals surface area contributed by atoms with Crippen LogP contribution >= 0.6 is 0 Å². The molecule has 3 aliphatic rings. The number of phenolic OH excluding ortho intramolecular Hbond substituents is 1. The molecule has 5 nitrogen and oxygen atoms in total. The molecule has 30 heavy (non-hydrogen) atoms. The third-order valence-electron chi connectivity index (χ3n) is 8.02. The Kier molecular flexibility index (Phi) is 5.54. The van der Waals surface area contributed by atoms with E-state index >= 15 is 0 Å². The maximum Gasteiger partial charge on any atom is 0.220 e. The zero-order valence-corrected chi connectivity index (χ0v) is 19.0. The number of hydrogen-bond donors (Lipinski definition) is 2. The lowest BCUT2D eigenvalue weighted by molar-refractivity contribution is -0.137. The lowest BCUT2D eigenvalue weighted by atomic mass is 9.58. The number of benzene rings is 1. The van der Waals surface area contributed by atoms with E-state index in [-0.39, 0.29) is 34.6 Å². The molecule has 1 aromatic carbocycles. The topological polar surface area (TPSA) is 67.8 Å². The largest absolute Gasteiger partial charge is 0.504 e. The molecule has 1 spiro atoms. The van der Waals surface area contributed by atoms with Crippen LogP contribution in [0.2, 0.25) is 0 Å². The molecule has 2 saturated carbocycles. The molecule has 3 fully saturated rings. The van der Waals surface area contributed by atoms with Gasteiger partial charge in [-0.3, -0.25) is 4.79 Å². The van der Waals surface area contributed by atoms with Crippen molar-refractivity contribution in [2.24, 2.45) is 28.6 Å². The molecule has 2 aliphatic carbocycles. The monoisotopic (exact) mass is 415 g/mol. The summed E-state index contributed by atoms with van der Waals surface area (Å²) in [6.45, 7) is 12.0. The third-order valence-corrected chi connectivity index (χ3v) is 8.02. The minimum Gasteiger partial charge on any atom is -0.504 e. The molecule has 0 aromatic heterocycles. The molecule has 5 atom stereocenters. The van der Waals surface area contributed by atoms with Crippen LogP contribution in [0, 0.1) is 28.6 Å². The fourth-order valence-corrected chi connectivity index (χ4v) is 6.69. The molecule has 1 saturated heterocycles. The van der Waals surface area contributed by atoms with Crippen molar-refractivity contribution in [3.8, 4) is 11.5 Å². The maximum atomic E-state index is 12.8. The second kappa shape index (κ2) is 7.74. The van der Waals surface area contributed by atoms with E-state index in [1.54, 1.807) is 6.07 Å². The highest BCUT2D eigenvalue weighted by atomic mass is 16.5. The Balaban J connectivity index is 1.64. The van der Waals surface area contributed by atoms with E-state index < -0.39 is 0 Å². The fourth-order valence-electron chi connectivity index (χ4n) is 6.69. The Morgan fingerprint density at radius 3 is 2.83 bits per heavy atom. The van der Waals surface area contributed by atoms with Crippen LogP contribution in [0.1, 0.15) is 72.0 Å². The minimum atomic E-state index is -0.0239. The molecule has 5 heteroatoms. The van der Waals surface area contributed by atoms with Crippen molar-refractivity contribution >= 4 is 5.91 Å². The van der Waals surface area contributed by atoms with E-state index in [1.165, 1.54) is 0 Å². The van der Waals surface area contributed by atoms with Crippen LogP contribution in [-0.4, -0.2) is 30.3 Å². The van der Waals surface area contributed by atoms with Gasteiger partial charge in [0.1, 0.15) is 0 Å². The van der Waals surface area contributed by atoms with Gasteiger partial charge in [-0.2, -0.15) is 0 Å². The number of aromatic hydroxyl groups is 1. The Labute approximate surface area is 180 Å². The summed E-state index contributed by atoms with van der Waals surface area (Å²) in [7, 11) is 0. The Hall–Kier alpha value is -1.75. The number of phenols is 1. The van der Waals surface area contributed by atoms with Gasteiger partial charge in [-0.05, 0) is 72.5 Å². The molecular weight excluding hydrogens is 378 g/mol. The van der Waals surface area contributed by atoms with E-state index in [9.17, 15) is 9.90 Å². The molecule has 1 aromatic rings. The SMILES string of the molecule is CCOc1cc([C@H]2OCCC34C[C@@H](C[C@H]23)C(C)(C)[C@H]4NC(=O)CC(C)C)ccc1O. The van der Waals surface area contributed by atoms with Crippen LogP contribution in [0.4, 0.5) is 0 Å². The second-order valence-electron chi connectivity index (χ2n) is 10.6. The van der Waals surface area contributed by atoms with Gasteiger partial charge in [0.2, 0.25) is 5.91 Å². The number of fused-ring (bicyclic) bond motifs is 1. The van der Waals surface area contributed by atoms with Gasteiger partial charge in [-0.25, -0.2) is 0 Å². The first-order valence-electron chi connectivity index (χ1n) is 11.6. The zero-order chi connectivity index (χ0) is 21.7. The van der Waals surface area contributed by atoms with Crippen molar-refractivity contribution in [1.29, 1.82) is 0 Å². The molecule has 1 heterocycles. The first-order valence-corrected chi connectivity index (χ1v) is 11.6. The summed E-state index contributed by atoms with van der Waals surface area (Å²) >= 11 is 0. The summed E-state index contributed by atoms with van der Waals surface area (Å²) < 4.78 is 12.0. The van der Waals surface area contributed by atoms with Gasteiger partial charge in [0, 0.05) is 19.1 Å². The van der Waals surface area contributed by atoms with Crippen LogP contribution in [0.25, 0.3) is 0 Å². The molecule has 4 rings (SSSR count). The Morgan fingerprint density at radius 2 is 2.13 bits per heavy atom. The van der Waals surface area contributed by atoms with E-state index in [2.05, 4.69) is 33.0 Å². The van der Waals surface area contributed by atoms with Gasteiger partial charge in [0.25, 0.3) is 0 Å². The highest BCUT2D eigenvalue weighted by molar-refractivity contribution is 5.76. The van der Waals surface area contributed by atoms with Gasteiger partial charge in [-0.15, -0.1) is 0 Å². The van der Waals surface area contributed by atoms with Crippen LogP contribution in [-0.2, 0) is 9.53 Å². The number of ether oxygens (including phenoxy) is 2. The Morgan fingerprint density at radius 1 is 1.37 bits per heavy atom. The van der Waals surface area contributed by atoms with E-state index in [0.717, 1.165) is 24.8 Å². The highest BCUT2D eigenvalue weighted by Crippen LogP contribution is 2.70. The molecule has 166 valence electrons. The molecule has 1 amide bonds. The van der Waals surface area contributed by atoms with Crippen LogP contribution in [0.3, 0.4) is 0 Å². The summed E-state index contributed by atoms with van der Waals surface area (Å²) in [5, 5.41) is 13.6. The standard InChI is InChI=1S/C25H37NO4/c1-6-29-20-12-16(7-8-19(20)27)22-18-13-17-14-25(18,9-10-30-22)23(24(17,4)5)26-21(28)11-15(2)3/h7-8,12,15,17-18,22-23,27H,6,9-11,13-14H2,1-5H3,(H,26,28)/t17-,18-,22-,23-,25?/m1/s1. The van der Waals surface area contributed by atoms with Gasteiger partial charge < -0.3 is 19.9 Å². The zero-order valence-electron chi connectivity index (χ0n) is 19.0. The summed E-state index contributed by atoms with van der Waals surface area (Å²) in [6.07, 6.45) is 3.83. The number of rotatable bonds is 6. The third kappa shape index (κ3) is 3.39. The lowest BCUT2D eigenvalue weighted by Gasteiger charge is -2.53. The average molecular weight is 416 g/mol. The molecule has 1 unspecified atom stereocenters. The second-order valence-corrected chi connectivity index (χ2v) is 10.6. The molecule has 2 N–H and O–H groups in total. The lowest BCUT2D eigenvalue weighted by Crippen LogP contribution is -2.59. The van der Waals surface area contributed by atoms with Crippen molar-refractivity contribution in [1.82, 2.24) is 5.32 Å². The van der Waals surface area contributed by atoms with Crippen molar-refractivity contribution in [3.05, 3.63) is 23.8 Å². The molecular formula is C25H37NO4. The fraction of sp³-hybridized carbons (Fsp3) is 0.720. The van der Waals surface area contributed by atoms with Gasteiger partial charge in [-0.1, -0.05) is 33.8 Å². The summed E-state index contributed by atoms with van der Waals surface area (Å²) in [5.41, 5.74) is 1.24. The first kappa shape index (κ1) is 21.5. The Bertz CT molecular complexity index is 804. The van der Waals surface area contributed by atoms with Gasteiger partial charge in [0.15, 0.2) is 11.5 Å². The number of carbonyl (C=O) groups excluding carboxylic acids is 1. The number of amides is 1. The van der Waals surface area contributed by atoms with Crippen LogP contribution in [0.5, 0.6) is 11.5 Å². The predicted molar refractivity (Wildman–Crippen MR) is 116 cm³/mol. The van der Waals surface area contributed by atoms with Crippen molar-refractivity contribution < 1.29 is 19.4 Å². The highest BCUT2D eigenvalue weighted by Gasteiger charge is 2.68. The number of carbonyl (C=O) groups is 1. The molecule has 1 aliphatic heterocycles. The smallest absolute Gasteiger partial charge is 0.220 e. The van der Waals surface area contributed by atoms with Crippen molar-refractivity contribution in [3.63, 3.8) is 0 Å². The van der Waals surface area contributed by atoms with Gasteiger partial charge >= 0.3 is 0 Å². The van der Waals surface area contributed by atoms with E-state index in [0.29, 0.717) is 43.1 Å². The summed E-state index contributed by atoms with van der Waals surface area (Å²) in [5.74, 6) is 2.17. The van der Waals surface area contributed by atoms with Gasteiger partial charge in [0.05, 0.1) is 12.7 Å². The van der Waals surface area contributed by atoms with Crippen molar-refractivity contribution in [2.45, 2.75) is 72.4 Å². The minimum absolute atomic E-state index is 0.0239. The number of nitrogens with one attached hydrogen (secondary N) is 1. The van der Waals surface area contributed by atoms with E-state index in [4.69, 9.17) is 9.47 Å². The number of hydrogen-bond acceptors (Lipinski definition) is 4.